The molecule has 2 aliphatic rings. The number of fused-ring (bicyclic) bond motifs is 3. The van der Waals surface area contributed by atoms with Gasteiger partial charge in [-0.25, -0.2) is 17.6 Å². The average Bonchev–Trinajstić information content (AvgIpc) is 3.39. The van der Waals surface area contributed by atoms with Gasteiger partial charge < -0.3 is 9.52 Å². The predicted molar refractivity (Wildman–Crippen MR) is 111 cm³/mol. The highest BCUT2D eigenvalue weighted by molar-refractivity contribution is 7.92. The Morgan fingerprint density at radius 3 is 2.47 bits per heavy atom. The van der Waals surface area contributed by atoms with Crippen LogP contribution in [0.3, 0.4) is 0 Å². The third kappa shape index (κ3) is 2.89. The van der Waals surface area contributed by atoms with Crippen LogP contribution >= 0.6 is 0 Å². The summed E-state index contributed by atoms with van der Waals surface area (Å²) in [7, 11) is -3.50. The van der Waals surface area contributed by atoms with Gasteiger partial charge in [0, 0.05) is 23.6 Å². The van der Waals surface area contributed by atoms with Crippen molar-refractivity contribution in [3.63, 3.8) is 0 Å². The third-order valence-electron chi connectivity index (χ3n) is 6.24. The van der Waals surface area contributed by atoms with E-state index in [1.165, 1.54) is 34.8 Å². The first kappa shape index (κ1) is 19.1. The minimum atomic E-state index is -3.50. The van der Waals surface area contributed by atoms with Crippen molar-refractivity contribution < 1.29 is 27.1 Å². The summed E-state index contributed by atoms with van der Waals surface area (Å²) < 4.78 is 45.6. The minimum Gasteiger partial charge on any atom is -0.478 e. The number of furan rings is 1. The van der Waals surface area contributed by atoms with E-state index in [0.717, 1.165) is 31.2 Å². The van der Waals surface area contributed by atoms with Crippen molar-refractivity contribution in [2.24, 2.45) is 0 Å². The highest BCUT2D eigenvalue weighted by Gasteiger charge is 2.48. The van der Waals surface area contributed by atoms with Crippen molar-refractivity contribution >= 4 is 32.6 Å². The number of aromatic carboxylic acids is 1. The molecule has 1 spiro atoms. The predicted octanol–water partition coefficient (Wildman–Crippen LogP) is 4.53. The monoisotopic (exact) mass is 429 g/mol. The summed E-state index contributed by atoms with van der Waals surface area (Å²) in [5, 5.41) is 10.3. The Bertz CT molecular complexity index is 1290. The van der Waals surface area contributed by atoms with Crippen LogP contribution in [0, 0.1) is 5.82 Å². The van der Waals surface area contributed by atoms with Crippen LogP contribution in [0.4, 0.5) is 10.1 Å². The quantitative estimate of drug-likeness (QED) is 0.661. The number of halogens is 1. The van der Waals surface area contributed by atoms with Gasteiger partial charge in [-0.05, 0) is 67.0 Å². The number of hydrogen-bond acceptors (Lipinski definition) is 4. The standard InChI is InChI=1S/C22H20FNO5S/c1-30(27,28)24-10-2-7-22(8-9-22)16-11-15-18(12-17(16)24)29-20(19(15)21(25)26)13-3-5-14(23)6-4-13/h3-6,11-12H,2,7-10H2,1H3,(H,25,26). The average molecular weight is 429 g/mol. The molecular weight excluding hydrogens is 409 g/mol. The minimum absolute atomic E-state index is 0.00496. The van der Waals surface area contributed by atoms with Gasteiger partial charge in [-0.15, -0.1) is 0 Å². The van der Waals surface area contributed by atoms with E-state index in [1.54, 1.807) is 12.1 Å². The van der Waals surface area contributed by atoms with Crippen molar-refractivity contribution in [1.29, 1.82) is 0 Å². The second-order valence-corrected chi connectivity index (χ2v) is 10.1. The van der Waals surface area contributed by atoms with Crippen LogP contribution in [-0.4, -0.2) is 32.3 Å². The first-order valence-corrected chi connectivity index (χ1v) is 11.6. The second-order valence-electron chi connectivity index (χ2n) is 8.20. The number of hydrogen-bond donors (Lipinski definition) is 1. The van der Waals surface area contributed by atoms with E-state index in [0.29, 0.717) is 28.8 Å². The molecule has 0 unspecified atom stereocenters. The zero-order valence-electron chi connectivity index (χ0n) is 16.3. The fourth-order valence-corrected chi connectivity index (χ4v) is 5.58. The van der Waals surface area contributed by atoms with Gasteiger partial charge in [0.25, 0.3) is 0 Å². The molecule has 0 atom stereocenters. The number of carbonyl (C=O) groups is 1. The summed E-state index contributed by atoms with van der Waals surface area (Å²) >= 11 is 0. The third-order valence-corrected chi connectivity index (χ3v) is 7.42. The van der Waals surface area contributed by atoms with Crippen molar-refractivity contribution in [3.05, 3.63) is 53.3 Å². The highest BCUT2D eigenvalue weighted by Crippen LogP contribution is 2.57. The number of carboxylic acid groups (broad SMARTS) is 1. The second kappa shape index (κ2) is 6.31. The number of nitrogens with zero attached hydrogens (tertiary/aromatic N) is 1. The summed E-state index contributed by atoms with van der Waals surface area (Å²) in [6.45, 7) is 0.385. The van der Waals surface area contributed by atoms with Gasteiger partial charge in [-0.3, -0.25) is 4.31 Å². The van der Waals surface area contributed by atoms with E-state index in [9.17, 15) is 22.7 Å². The summed E-state index contributed by atoms with van der Waals surface area (Å²) in [6.07, 6.45) is 4.70. The van der Waals surface area contributed by atoms with Gasteiger partial charge in [0.05, 0.1) is 11.9 Å². The van der Waals surface area contributed by atoms with Crippen molar-refractivity contribution in [2.45, 2.75) is 31.1 Å². The first-order valence-electron chi connectivity index (χ1n) is 9.78. The van der Waals surface area contributed by atoms with Gasteiger partial charge in [0.2, 0.25) is 10.0 Å². The lowest BCUT2D eigenvalue weighted by atomic mass is 9.89. The Morgan fingerprint density at radius 1 is 1.17 bits per heavy atom. The molecule has 156 valence electrons. The Morgan fingerprint density at radius 2 is 1.87 bits per heavy atom. The molecule has 2 heterocycles. The molecule has 1 fully saturated rings. The molecule has 2 aromatic carbocycles. The molecule has 1 N–H and O–H groups in total. The molecule has 1 aromatic heterocycles. The maximum Gasteiger partial charge on any atom is 0.340 e. The van der Waals surface area contributed by atoms with Crippen LogP contribution in [-0.2, 0) is 15.4 Å². The van der Waals surface area contributed by atoms with E-state index in [1.807, 2.05) is 0 Å². The van der Waals surface area contributed by atoms with Crippen LogP contribution in [0.5, 0.6) is 0 Å². The van der Waals surface area contributed by atoms with Gasteiger partial charge >= 0.3 is 5.97 Å². The van der Waals surface area contributed by atoms with E-state index in [-0.39, 0.29) is 16.7 Å². The van der Waals surface area contributed by atoms with Gasteiger partial charge in [0.15, 0.2) is 0 Å². The summed E-state index contributed by atoms with van der Waals surface area (Å²) in [6, 6.07) is 8.87. The van der Waals surface area contributed by atoms with Crippen LogP contribution in [0.15, 0.2) is 40.8 Å². The van der Waals surface area contributed by atoms with Crippen molar-refractivity contribution in [1.82, 2.24) is 0 Å². The van der Waals surface area contributed by atoms with E-state index in [2.05, 4.69) is 0 Å². The molecule has 5 rings (SSSR count). The molecule has 0 saturated heterocycles. The maximum atomic E-state index is 13.3. The zero-order chi connectivity index (χ0) is 21.3. The zero-order valence-corrected chi connectivity index (χ0v) is 17.1. The van der Waals surface area contributed by atoms with Crippen molar-refractivity contribution in [3.8, 4) is 11.3 Å². The van der Waals surface area contributed by atoms with E-state index in [4.69, 9.17) is 4.42 Å². The lowest BCUT2D eigenvalue weighted by Gasteiger charge is -2.23. The van der Waals surface area contributed by atoms with Gasteiger partial charge in [0.1, 0.15) is 22.7 Å². The first-order chi connectivity index (χ1) is 14.2. The molecule has 30 heavy (non-hydrogen) atoms. The molecule has 1 aliphatic heterocycles. The molecule has 8 heteroatoms. The smallest absolute Gasteiger partial charge is 0.340 e. The van der Waals surface area contributed by atoms with Crippen LogP contribution in [0.2, 0.25) is 0 Å². The normalized spacial score (nSPS) is 17.7. The summed E-state index contributed by atoms with van der Waals surface area (Å²) in [5.74, 6) is -1.45. The molecule has 0 radical (unpaired) electrons. The molecule has 1 saturated carbocycles. The van der Waals surface area contributed by atoms with Gasteiger partial charge in [-0.1, -0.05) is 0 Å². The number of rotatable bonds is 3. The maximum absolute atomic E-state index is 13.3. The highest BCUT2D eigenvalue weighted by atomic mass is 32.2. The number of carboxylic acids is 1. The topological polar surface area (TPSA) is 87.8 Å². The van der Waals surface area contributed by atoms with Crippen LogP contribution in [0.1, 0.15) is 41.6 Å². The Hall–Kier alpha value is -2.87. The molecule has 0 amide bonds. The SMILES string of the molecule is CS(=O)(=O)N1CCCC2(CC2)c2cc3c(C(=O)O)c(-c4ccc(F)cc4)oc3cc21. The summed E-state index contributed by atoms with van der Waals surface area (Å²) in [4.78, 5) is 12.1. The number of anilines is 1. The Kier molecular flexibility index (Phi) is 4.02. The lowest BCUT2D eigenvalue weighted by molar-refractivity contribution is 0.0699. The molecule has 3 aromatic rings. The Balaban J connectivity index is 1.81. The van der Waals surface area contributed by atoms with Crippen molar-refractivity contribution in [2.75, 3.05) is 17.1 Å². The molecular formula is C22H20FNO5S. The Labute approximate surface area is 173 Å². The lowest BCUT2D eigenvalue weighted by Crippen LogP contribution is -2.30. The van der Waals surface area contributed by atoms with E-state index >= 15 is 0 Å². The fraction of sp³-hybridized carbons (Fsp3) is 0.318. The van der Waals surface area contributed by atoms with E-state index < -0.39 is 21.8 Å². The van der Waals surface area contributed by atoms with Crippen LogP contribution < -0.4 is 4.31 Å². The van der Waals surface area contributed by atoms with Gasteiger partial charge in [-0.2, -0.15) is 0 Å². The molecule has 6 nitrogen and oxygen atoms in total. The number of sulfonamides is 1. The largest absolute Gasteiger partial charge is 0.478 e. The fourth-order valence-electron chi connectivity index (χ4n) is 4.61. The number of benzene rings is 2. The summed E-state index contributed by atoms with van der Waals surface area (Å²) in [5.41, 5.74) is 2.08. The molecule has 1 aliphatic carbocycles. The van der Waals surface area contributed by atoms with Crippen LogP contribution in [0.25, 0.3) is 22.3 Å². The molecule has 0 bridgehead atoms.